The van der Waals surface area contributed by atoms with E-state index in [9.17, 15) is 5.11 Å². The number of phenols is 1. The molecule has 0 aliphatic heterocycles. The fraction of sp³-hybridized carbons (Fsp3) is 0.214. The summed E-state index contributed by atoms with van der Waals surface area (Å²) < 4.78 is 0. The number of rotatable bonds is 3. The summed E-state index contributed by atoms with van der Waals surface area (Å²) in [6.07, 6.45) is 0. The second kappa shape index (κ2) is 7.68. The molecule has 0 amide bonds. The van der Waals surface area contributed by atoms with Crippen molar-refractivity contribution in [1.82, 2.24) is 0 Å². The molecule has 1 nitrogen and oxygen atoms in total. The molecule has 0 heterocycles. The van der Waals surface area contributed by atoms with Crippen molar-refractivity contribution in [1.29, 1.82) is 0 Å². The van der Waals surface area contributed by atoms with Crippen LogP contribution in [0.3, 0.4) is 0 Å². The minimum atomic E-state index is 0.0585. The van der Waals surface area contributed by atoms with Gasteiger partial charge in [-0.05, 0) is 53.0 Å². The molecule has 0 radical (unpaired) electrons. The van der Waals surface area contributed by atoms with Crippen LogP contribution >= 0.6 is 0 Å². The summed E-state index contributed by atoms with van der Waals surface area (Å²) in [5.41, 5.74) is 11.6. The van der Waals surface area contributed by atoms with Crippen LogP contribution in [-0.4, -0.2) is 11.8 Å². The number of aromatic hydroxyl groups is 1. The Bertz CT molecular complexity index is 1160. The molecule has 2 heteroatoms. The van der Waals surface area contributed by atoms with E-state index < -0.39 is 0 Å². The molecule has 4 rings (SSSR count). The van der Waals surface area contributed by atoms with Gasteiger partial charge in [0.1, 0.15) is 5.75 Å². The number of fused-ring (bicyclic) bond motifs is 1. The highest BCUT2D eigenvalue weighted by Gasteiger charge is 2.30. The van der Waals surface area contributed by atoms with Crippen molar-refractivity contribution in [2.24, 2.45) is 0 Å². The number of phenolic OH excluding ortho intramolecular Hbond substituents is 1. The SMILES string of the molecule is Cc1cc(C)c(B(c2c(C)cc(C)cc2C)c2cccc3cccc(O)c23)c(C)c1. The van der Waals surface area contributed by atoms with E-state index in [0.717, 1.165) is 16.2 Å². The second-order valence-electron chi connectivity index (χ2n) is 8.78. The van der Waals surface area contributed by atoms with Gasteiger partial charge in [-0.3, -0.25) is 0 Å². The lowest BCUT2D eigenvalue weighted by molar-refractivity contribution is 0.482. The van der Waals surface area contributed by atoms with Gasteiger partial charge in [0.2, 0.25) is 6.71 Å². The van der Waals surface area contributed by atoms with Crippen LogP contribution in [0.5, 0.6) is 5.75 Å². The molecule has 0 saturated heterocycles. The summed E-state index contributed by atoms with van der Waals surface area (Å²) >= 11 is 0. The first kappa shape index (κ1) is 20.3. The van der Waals surface area contributed by atoms with Crippen LogP contribution < -0.4 is 16.4 Å². The Labute approximate surface area is 180 Å². The highest BCUT2D eigenvalue weighted by molar-refractivity contribution is 6.98. The van der Waals surface area contributed by atoms with Gasteiger partial charge in [0.05, 0.1) is 0 Å². The summed E-state index contributed by atoms with van der Waals surface area (Å²) in [5.74, 6) is 0.345. The lowest BCUT2D eigenvalue weighted by Crippen LogP contribution is -2.56. The average molecular weight is 392 g/mol. The average Bonchev–Trinajstić information content (AvgIpc) is 2.65. The number of hydrogen-bond donors (Lipinski definition) is 1. The first-order valence-electron chi connectivity index (χ1n) is 10.6. The van der Waals surface area contributed by atoms with Gasteiger partial charge < -0.3 is 5.11 Å². The maximum atomic E-state index is 10.9. The normalized spacial score (nSPS) is 11.1. The third kappa shape index (κ3) is 3.41. The lowest BCUT2D eigenvalue weighted by Gasteiger charge is -2.25. The van der Waals surface area contributed by atoms with E-state index in [1.165, 1.54) is 44.3 Å². The number of aryl methyl sites for hydroxylation is 6. The van der Waals surface area contributed by atoms with E-state index in [1.807, 2.05) is 6.07 Å². The van der Waals surface area contributed by atoms with Gasteiger partial charge in [-0.1, -0.05) is 104 Å². The Morgan fingerprint density at radius 1 is 0.600 bits per heavy atom. The van der Waals surface area contributed by atoms with Crippen molar-refractivity contribution < 1.29 is 5.11 Å². The molecule has 4 aromatic carbocycles. The fourth-order valence-electron chi connectivity index (χ4n) is 5.34. The lowest BCUT2D eigenvalue weighted by atomic mass is 9.33. The summed E-state index contributed by atoms with van der Waals surface area (Å²) in [7, 11) is 0. The maximum Gasteiger partial charge on any atom is 0.243 e. The molecule has 0 aliphatic rings. The highest BCUT2D eigenvalue weighted by Crippen LogP contribution is 2.24. The minimum absolute atomic E-state index is 0.0585. The van der Waals surface area contributed by atoms with Crippen molar-refractivity contribution in [3.8, 4) is 5.75 Å². The molecule has 0 spiro atoms. The molecule has 0 bridgehead atoms. The third-order valence-corrected chi connectivity index (χ3v) is 6.28. The Balaban J connectivity index is 2.15. The van der Waals surface area contributed by atoms with Gasteiger partial charge in [-0.2, -0.15) is 0 Å². The molecular formula is C28H29BO. The summed E-state index contributed by atoms with van der Waals surface area (Å²) in [5, 5.41) is 12.9. The van der Waals surface area contributed by atoms with Crippen LogP contribution in [0.15, 0.2) is 60.7 Å². The van der Waals surface area contributed by atoms with E-state index in [2.05, 4.69) is 90.1 Å². The number of hydrogen-bond acceptors (Lipinski definition) is 1. The van der Waals surface area contributed by atoms with Gasteiger partial charge in [-0.15, -0.1) is 0 Å². The molecule has 0 atom stereocenters. The van der Waals surface area contributed by atoms with Gasteiger partial charge in [0.25, 0.3) is 0 Å². The molecule has 1 N–H and O–H groups in total. The molecule has 4 aromatic rings. The molecule has 0 saturated carbocycles. The molecule has 0 aliphatic carbocycles. The van der Waals surface area contributed by atoms with Crippen LogP contribution in [0.2, 0.25) is 0 Å². The van der Waals surface area contributed by atoms with Crippen LogP contribution in [-0.2, 0) is 0 Å². The van der Waals surface area contributed by atoms with E-state index in [-0.39, 0.29) is 6.71 Å². The summed E-state index contributed by atoms with van der Waals surface area (Å²) in [6, 6.07) is 21.3. The van der Waals surface area contributed by atoms with E-state index >= 15 is 0 Å². The highest BCUT2D eigenvalue weighted by atomic mass is 16.3. The first-order valence-corrected chi connectivity index (χ1v) is 10.6. The molecule has 0 aromatic heterocycles. The summed E-state index contributed by atoms with van der Waals surface area (Å²) in [4.78, 5) is 0. The second-order valence-corrected chi connectivity index (χ2v) is 8.78. The Morgan fingerprint density at radius 2 is 1.03 bits per heavy atom. The minimum Gasteiger partial charge on any atom is -0.507 e. The van der Waals surface area contributed by atoms with Crippen molar-refractivity contribution in [2.45, 2.75) is 41.5 Å². The quantitative estimate of drug-likeness (QED) is 0.491. The molecular weight excluding hydrogens is 363 g/mol. The van der Waals surface area contributed by atoms with E-state index in [0.29, 0.717) is 5.75 Å². The topological polar surface area (TPSA) is 20.2 Å². The Morgan fingerprint density at radius 3 is 1.50 bits per heavy atom. The van der Waals surface area contributed by atoms with Crippen LogP contribution in [0, 0.1) is 41.5 Å². The standard InChI is InChI=1S/C28H29BO/c1-17-13-19(3)27(20(4)14-17)29(28-21(5)15-18(2)16-22(28)6)24-11-7-9-23-10-8-12-25(30)26(23)24/h7-16,30H,1-6H3. The van der Waals surface area contributed by atoms with Crippen molar-refractivity contribution in [3.63, 3.8) is 0 Å². The maximum absolute atomic E-state index is 10.9. The number of benzene rings is 4. The van der Waals surface area contributed by atoms with Crippen LogP contribution in [0.25, 0.3) is 10.8 Å². The summed E-state index contributed by atoms with van der Waals surface area (Å²) in [6.45, 7) is 13.2. The van der Waals surface area contributed by atoms with E-state index in [1.54, 1.807) is 6.07 Å². The van der Waals surface area contributed by atoms with Crippen molar-refractivity contribution in [2.75, 3.05) is 0 Å². The van der Waals surface area contributed by atoms with Crippen molar-refractivity contribution >= 4 is 33.9 Å². The monoisotopic (exact) mass is 392 g/mol. The predicted molar refractivity (Wildman–Crippen MR) is 132 cm³/mol. The van der Waals surface area contributed by atoms with Gasteiger partial charge in [0, 0.05) is 5.39 Å². The molecule has 0 unspecified atom stereocenters. The Hall–Kier alpha value is -3.00. The first-order chi connectivity index (χ1) is 14.3. The predicted octanol–water partition coefficient (Wildman–Crippen LogP) is 4.91. The fourth-order valence-corrected chi connectivity index (χ4v) is 5.34. The zero-order valence-corrected chi connectivity index (χ0v) is 18.8. The Kier molecular flexibility index (Phi) is 5.19. The zero-order valence-electron chi connectivity index (χ0n) is 18.8. The molecule has 0 fully saturated rings. The molecule has 150 valence electrons. The molecule has 30 heavy (non-hydrogen) atoms. The smallest absolute Gasteiger partial charge is 0.243 e. The van der Waals surface area contributed by atoms with Crippen molar-refractivity contribution in [3.05, 3.63) is 94.0 Å². The van der Waals surface area contributed by atoms with Gasteiger partial charge >= 0.3 is 0 Å². The van der Waals surface area contributed by atoms with Crippen LogP contribution in [0.1, 0.15) is 33.4 Å². The van der Waals surface area contributed by atoms with Crippen LogP contribution in [0.4, 0.5) is 0 Å². The zero-order chi connectivity index (χ0) is 21.6. The third-order valence-electron chi connectivity index (χ3n) is 6.28. The van der Waals surface area contributed by atoms with Gasteiger partial charge in [-0.25, -0.2) is 0 Å². The van der Waals surface area contributed by atoms with Gasteiger partial charge in [0.15, 0.2) is 0 Å². The van der Waals surface area contributed by atoms with E-state index in [4.69, 9.17) is 0 Å². The largest absolute Gasteiger partial charge is 0.507 e.